The molecule has 1 aromatic carbocycles. The Morgan fingerprint density at radius 2 is 2.13 bits per heavy atom. The summed E-state index contributed by atoms with van der Waals surface area (Å²) in [6.45, 7) is 3.67. The van der Waals surface area contributed by atoms with Crippen LogP contribution >= 0.6 is 0 Å². The summed E-state index contributed by atoms with van der Waals surface area (Å²) in [6, 6.07) is 7.37. The minimum Gasteiger partial charge on any atom is -0.467 e. The summed E-state index contributed by atoms with van der Waals surface area (Å²) < 4.78 is 12.0. The van der Waals surface area contributed by atoms with E-state index in [2.05, 4.69) is 15.6 Å². The lowest BCUT2D eigenvalue weighted by molar-refractivity contribution is -0.139. The minimum absolute atomic E-state index is 0.0610. The van der Waals surface area contributed by atoms with Gasteiger partial charge in [-0.15, -0.1) is 0 Å². The molecule has 0 radical (unpaired) electrons. The number of aryl methyl sites for hydroxylation is 1. The number of nitrogens with zero attached hydrogens (tertiary/aromatic N) is 2. The van der Waals surface area contributed by atoms with E-state index in [0.717, 1.165) is 5.56 Å². The molecule has 0 saturated carbocycles. The van der Waals surface area contributed by atoms with E-state index in [4.69, 9.17) is 9.15 Å². The second kappa shape index (κ2) is 7.86. The van der Waals surface area contributed by atoms with Gasteiger partial charge >= 0.3 is 12.0 Å². The van der Waals surface area contributed by atoms with Crippen LogP contribution in [0, 0.1) is 6.92 Å². The van der Waals surface area contributed by atoms with Crippen LogP contribution in [-0.2, 0) is 16.1 Å². The SMILES string of the molecule is CCOC(=O)C1=C(Cn2cnc3ccc(C)cc3c2=O)NC(=O)NC1c1ccco1. The van der Waals surface area contributed by atoms with Gasteiger partial charge in [-0.1, -0.05) is 11.6 Å². The van der Waals surface area contributed by atoms with Gasteiger partial charge in [-0.2, -0.15) is 0 Å². The fourth-order valence-electron chi connectivity index (χ4n) is 3.42. The third kappa shape index (κ3) is 3.57. The predicted octanol–water partition coefficient (Wildman–Crippen LogP) is 2.17. The number of urea groups is 1. The molecule has 0 fully saturated rings. The summed E-state index contributed by atoms with van der Waals surface area (Å²) in [5.41, 5.74) is 1.64. The molecule has 9 nitrogen and oxygen atoms in total. The Bertz CT molecular complexity index is 1210. The van der Waals surface area contributed by atoms with Gasteiger partial charge in [0.1, 0.15) is 11.8 Å². The Balaban J connectivity index is 1.83. The number of fused-ring (bicyclic) bond motifs is 1. The van der Waals surface area contributed by atoms with E-state index in [1.165, 1.54) is 17.2 Å². The van der Waals surface area contributed by atoms with E-state index in [9.17, 15) is 14.4 Å². The average Bonchev–Trinajstić information content (AvgIpc) is 3.25. The van der Waals surface area contributed by atoms with Gasteiger partial charge in [0.2, 0.25) is 0 Å². The van der Waals surface area contributed by atoms with Crippen molar-refractivity contribution in [2.24, 2.45) is 0 Å². The monoisotopic (exact) mass is 408 g/mol. The number of allylic oxidation sites excluding steroid dienone is 1. The number of amides is 2. The van der Waals surface area contributed by atoms with E-state index in [1.54, 1.807) is 31.2 Å². The maximum atomic E-state index is 13.0. The molecule has 2 aromatic heterocycles. The lowest BCUT2D eigenvalue weighted by Crippen LogP contribution is -2.47. The van der Waals surface area contributed by atoms with Crippen molar-refractivity contribution in [1.29, 1.82) is 0 Å². The summed E-state index contributed by atoms with van der Waals surface area (Å²) in [4.78, 5) is 42.3. The molecule has 9 heteroatoms. The van der Waals surface area contributed by atoms with Crippen LogP contribution in [0.1, 0.15) is 24.3 Å². The zero-order chi connectivity index (χ0) is 21.3. The summed E-state index contributed by atoms with van der Waals surface area (Å²) >= 11 is 0. The molecule has 0 spiro atoms. The van der Waals surface area contributed by atoms with Crippen molar-refractivity contribution in [3.8, 4) is 0 Å². The molecule has 30 heavy (non-hydrogen) atoms. The first-order valence-corrected chi connectivity index (χ1v) is 9.44. The van der Waals surface area contributed by atoms with Crippen molar-refractivity contribution in [2.45, 2.75) is 26.4 Å². The number of benzene rings is 1. The van der Waals surface area contributed by atoms with Gasteiger partial charge in [-0.25, -0.2) is 14.6 Å². The van der Waals surface area contributed by atoms with Crippen molar-refractivity contribution in [1.82, 2.24) is 20.2 Å². The fourth-order valence-corrected chi connectivity index (χ4v) is 3.42. The van der Waals surface area contributed by atoms with Crippen molar-refractivity contribution in [3.63, 3.8) is 0 Å². The number of ether oxygens (including phenoxy) is 1. The van der Waals surface area contributed by atoms with Gasteiger partial charge in [-0.05, 0) is 38.1 Å². The molecule has 0 aliphatic carbocycles. The number of carbonyl (C=O) groups is 2. The number of furan rings is 1. The molecule has 154 valence electrons. The Hall–Kier alpha value is -3.88. The average molecular weight is 408 g/mol. The fraction of sp³-hybridized carbons (Fsp3) is 0.238. The van der Waals surface area contributed by atoms with E-state index < -0.39 is 18.0 Å². The highest BCUT2D eigenvalue weighted by Gasteiger charge is 2.35. The molecule has 0 saturated heterocycles. The number of nitrogens with one attached hydrogen (secondary N) is 2. The van der Waals surface area contributed by atoms with Crippen molar-refractivity contribution >= 4 is 22.9 Å². The van der Waals surface area contributed by atoms with Crippen LogP contribution in [0.25, 0.3) is 10.9 Å². The Kier molecular flexibility index (Phi) is 5.09. The molecular formula is C21H20N4O5. The van der Waals surface area contributed by atoms with Gasteiger partial charge in [-0.3, -0.25) is 9.36 Å². The predicted molar refractivity (Wildman–Crippen MR) is 108 cm³/mol. The van der Waals surface area contributed by atoms with E-state index >= 15 is 0 Å². The largest absolute Gasteiger partial charge is 0.467 e. The standard InChI is InChI=1S/C21H20N4O5/c1-3-29-20(27)17-15(23-21(28)24-18(17)16-5-4-8-30-16)10-25-11-22-14-7-6-12(2)9-13(14)19(25)26/h4-9,11,18H,3,10H2,1-2H3,(H2,23,24,28). The van der Waals surface area contributed by atoms with Crippen LogP contribution in [0.4, 0.5) is 4.79 Å². The van der Waals surface area contributed by atoms with E-state index in [1.807, 2.05) is 13.0 Å². The second-order valence-electron chi connectivity index (χ2n) is 6.86. The topological polar surface area (TPSA) is 115 Å². The van der Waals surface area contributed by atoms with Gasteiger partial charge in [0, 0.05) is 0 Å². The van der Waals surface area contributed by atoms with Crippen LogP contribution < -0.4 is 16.2 Å². The number of carbonyl (C=O) groups excluding carboxylic acids is 2. The Labute approximate surface area is 171 Å². The summed E-state index contributed by atoms with van der Waals surface area (Å²) in [7, 11) is 0. The highest BCUT2D eigenvalue weighted by Crippen LogP contribution is 2.28. The molecule has 1 aliphatic rings. The molecular weight excluding hydrogens is 388 g/mol. The first-order chi connectivity index (χ1) is 14.5. The first-order valence-electron chi connectivity index (χ1n) is 9.44. The van der Waals surface area contributed by atoms with Crippen LogP contribution in [0.5, 0.6) is 0 Å². The normalized spacial score (nSPS) is 16.3. The molecule has 2 N–H and O–H groups in total. The third-order valence-electron chi connectivity index (χ3n) is 4.78. The van der Waals surface area contributed by atoms with Gasteiger partial charge in [0.25, 0.3) is 5.56 Å². The third-order valence-corrected chi connectivity index (χ3v) is 4.78. The maximum absolute atomic E-state index is 13.0. The van der Waals surface area contributed by atoms with E-state index in [-0.39, 0.29) is 30.0 Å². The van der Waals surface area contributed by atoms with Crippen LogP contribution in [0.2, 0.25) is 0 Å². The Morgan fingerprint density at radius 1 is 1.30 bits per heavy atom. The molecule has 3 aromatic rings. The maximum Gasteiger partial charge on any atom is 0.338 e. The zero-order valence-corrected chi connectivity index (χ0v) is 16.5. The van der Waals surface area contributed by atoms with Crippen LogP contribution in [0.3, 0.4) is 0 Å². The van der Waals surface area contributed by atoms with Crippen LogP contribution in [0.15, 0.2) is 63.4 Å². The molecule has 1 atom stereocenters. The molecule has 4 rings (SSSR count). The smallest absolute Gasteiger partial charge is 0.338 e. The van der Waals surface area contributed by atoms with Crippen molar-refractivity contribution in [2.75, 3.05) is 6.61 Å². The number of esters is 1. The number of hydrogen-bond donors (Lipinski definition) is 2. The number of rotatable bonds is 5. The van der Waals surface area contributed by atoms with Gasteiger partial charge in [0.05, 0.1) is 47.9 Å². The lowest BCUT2D eigenvalue weighted by atomic mass is 10.00. The molecule has 1 aliphatic heterocycles. The molecule has 2 amide bonds. The Morgan fingerprint density at radius 3 is 2.87 bits per heavy atom. The van der Waals surface area contributed by atoms with Crippen LogP contribution in [-0.4, -0.2) is 28.2 Å². The summed E-state index contributed by atoms with van der Waals surface area (Å²) in [5.74, 6) is -0.232. The molecule has 1 unspecified atom stereocenters. The second-order valence-corrected chi connectivity index (χ2v) is 6.86. The molecule has 3 heterocycles. The lowest BCUT2D eigenvalue weighted by Gasteiger charge is -2.28. The highest BCUT2D eigenvalue weighted by molar-refractivity contribution is 5.95. The van der Waals surface area contributed by atoms with Crippen molar-refractivity contribution < 1.29 is 18.7 Å². The quantitative estimate of drug-likeness (QED) is 0.625. The van der Waals surface area contributed by atoms with E-state index in [0.29, 0.717) is 16.7 Å². The number of hydrogen-bond acceptors (Lipinski definition) is 6. The summed E-state index contributed by atoms with van der Waals surface area (Å²) in [6.07, 6.45) is 2.85. The minimum atomic E-state index is -0.839. The van der Waals surface area contributed by atoms with Crippen molar-refractivity contribution in [3.05, 3.63) is 75.9 Å². The molecule has 0 bridgehead atoms. The first kappa shape index (κ1) is 19.4. The highest BCUT2D eigenvalue weighted by atomic mass is 16.5. The van der Waals surface area contributed by atoms with Gasteiger partial charge in [0.15, 0.2) is 0 Å². The number of aromatic nitrogens is 2. The zero-order valence-electron chi connectivity index (χ0n) is 16.5. The summed E-state index contributed by atoms with van der Waals surface area (Å²) in [5, 5.41) is 5.76. The van der Waals surface area contributed by atoms with Gasteiger partial charge < -0.3 is 19.8 Å².